The summed E-state index contributed by atoms with van der Waals surface area (Å²) in [5, 5.41) is 0. The number of hydrogen-bond acceptors (Lipinski definition) is 4. The van der Waals surface area contributed by atoms with Gasteiger partial charge in [0.15, 0.2) is 5.78 Å². The molecular formula is C17H22BrNO4. The van der Waals surface area contributed by atoms with E-state index in [4.69, 9.17) is 9.47 Å². The maximum atomic E-state index is 12.6. The molecule has 0 saturated carbocycles. The molecule has 1 unspecified atom stereocenters. The van der Waals surface area contributed by atoms with Crippen LogP contribution < -0.4 is 0 Å². The zero-order valence-corrected chi connectivity index (χ0v) is 15.3. The number of halogens is 1. The van der Waals surface area contributed by atoms with E-state index in [9.17, 15) is 9.59 Å². The van der Waals surface area contributed by atoms with Gasteiger partial charge in [-0.25, -0.2) is 4.79 Å². The normalized spacial score (nSPS) is 18.6. The first-order valence-electron chi connectivity index (χ1n) is 7.61. The minimum absolute atomic E-state index is 0.0475. The Bertz CT molecular complexity index is 582. The number of carbonyl (C=O) groups excluding carboxylic acids is 2. The molecule has 1 heterocycles. The Labute approximate surface area is 145 Å². The van der Waals surface area contributed by atoms with Gasteiger partial charge in [-0.15, -0.1) is 0 Å². The van der Waals surface area contributed by atoms with E-state index in [-0.39, 0.29) is 18.8 Å². The molecule has 0 spiro atoms. The summed E-state index contributed by atoms with van der Waals surface area (Å²) < 4.78 is 11.7. The van der Waals surface area contributed by atoms with Crippen LogP contribution in [0, 0.1) is 0 Å². The number of Topliss-reactive ketones (excluding diaryl/α,β-unsaturated/α-hetero) is 1. The van der Waals surface area contributed by atoms with Crippen LogP contribution in [0.1, 0.15) is 26.3 Å². The molecule has 1 aliphatic rings. The predicted molar refractivity (Wildman–Crippen MR) is 90.4 cm³/mol. The zero-order chi connectivity index (χ0) is 17.0. The summed E-state index contributed by atoms with van der Waals surface area (Å²) in [6.45, 7) is 6.42. The van der Waals surface area contributed by atoms with Gasteiger partial charge in [-0.2, -0.15) is 0 Å². The third-order valence-corrected chi connectivity index (χ3v) is 3.89. The Hall–Kier alpha value is -1.40. The molecule has 2 rings (SSSR count). The minimum atomic E-state index is -0.599. The number of amides is 1. The van der Waals surface area contributed by atoms with Gasteiger partial charge in [0, 0.05) is 17.4 Å². The van der Waals surface area contributed by atoms with Gasteiger partial charge in [0.2, 0.25) is 0 Å². The monoisotopic (exact) mass is 383 g/mol. The van der Waals surface area contributed by atoms with Crippen molar-refractivity contribution in [2.24, 2.45) is 0 Å². The van der Waals surface area contributed by atoms with Crippen LogP contribution in [0.4, 0.5) is 4.79 Å². The van der Waals surface area contributed by atoms with Crippen molar-refractivity contribution in [1.82, 2.24) is 4.90 Å². The average molecular weight is 384 g/mol. The highest BCUT2D eigenvalue weighted by molar-refractivity contribution is 9.10. The molecule has 1 saturated heterocycles. The van der Waals surface area contributed by atoms with Crippen molar-refractivity contribution in [2.75, 3.05) is 19.8 Å². The summed E-state index contributed by atoms with van der Waals surface area (Å²) in [7, 11) is 0. The first-order chi connectivity index (χ1) is 10.8. The molecule has 6 heteroatoms. The van der Waals surface area contributed by atoms with E-state index < -0.39 is 17.7 Å². The number of hydrogen-bond donors (Lipinski definition) is 0. The second kappa shape index (κ2) is 7.45. The second-order valence-corrected chi connectivity index (χ2v) is 7.45. The molecule has 0 aliphatic carbocycles. The first kappa shape index (κ1) is 17.9. The Morgan fingerprint density at radius 3 is 2.78 bits per heavy atom. The van der Waals surface area contributed by atoms with Gasteiger partial charge in [0.05, 0.1) is 13.2 Å². The average Bonchev–Trinajstić information content (AvgIpc) is 2.45. The van der Waals surface area contributed by atoms with E-state index in [1.54, 1.807) is 0 Å². The highest BCUT2D eigenvalue weighted by atomic mass is 79.9. The third-order valence-electron chi connectivity index (χ3n) is 3.40. The molecule has 0 bridgehead atoms. The molecular weight excluding hydrogens is 362 g/mol. The summed E-state index contributed by atoms with van der Waals surface area (Å²) in [6, 6.07) is 6.99. The van der Waals surface area contributed by atoms with Gasteiger partial charge in [0.25, 0.3) is 0 Å². The second-order valence-electron chi connectivity index (χ2n) is 6.54. The predicted octanol–water partition coefficient (Wildman–Crippen LogP) is 3.20. The molecule has 23 heavy (non-hydrogen) atoms. The number of carbonyl (C=O) groups is 2. The van der Waals surface area contributed by atoms with Gasteiger partial charge in [-0.1, -0.05) is 28.1 Å². The van der Waals surface area contributed by atoms with Gasteiger partial charge >= 0.3 is 6.09 Å². The molecule has 0 aromatic heterocycles. The van der Waals surface area contributed by atoms with Crippen molar-refractivity contribution < 1.29 is 19.1 Å². The van der Waals surface area contributed by atoms with Crippen molar-refractivity contribution in [2.45, 2.75) is 38.8 Å². The van der Waals surface area contributed by atoms with Gasteiger partial charge in [-0.3, -0.25) is 9.69 Å². The lowest BCUT2D eigenvalue weighted by Crippen LogP contribution is -2.54. The Kier molecular flexibility index (Phi) is 5.81. The molecule has 1 aromatic carbocycles. The lowest BCUT2D eigenvalue weighted by Gasteiger charge is -2.35. The first-order valence-corrected chi connectivity index (χ1v) is 8.40. The minimum Gasteiger partial charge on any atom is -0.444 e. The van der Waals surface area contributed by atoms with Crippen molar-refractivity contribution in [3.05, 3.63) is 34.3 Å². The number of ketones is 1. The highest BCUT2D eigenvalue weighted by Crippen LogP contribution is 2.18. The number of rotatable bonds is 3. The molecule has 1 aromatic rings. The van der Waals surface area contributed by atoms with Crippen LogP contribution in [0.15, 0.2) is 28.7 Å². The number of benzene rings is 1. The van der Waals surface area contributed by atoms with Crippen LogP contribution in [0.3, 0.4) is 0 Å². The largest absolute Gasteiger partial charge is 0.444 e. The van der Waals surface area contributed by atoms with Crippen molar-refractivity contribution in [3.63, 3.8) is 0 Å². The van der Waals surface area contributed by atoms with Crippen molar-refractivity contribution >= 4 is 27.8 Å². The van der Waals surface area contributed by atoms with Gasteiger partial charge in [-0.05, 0) is 38.5 Å². The Morgan fingerprint density at radius 2 is 2.13 bits per heavy atom. The van der Waals surface area contributed by atoms with E-state index in [1.807, 2.05) is 45.0 Å². The summed E-state index contributed by atoms with van der Waals surface area (Å²) in [4.78, 5) is 26.4. The van der Waals surface area contributed by atoms with Crippen LogP contribution >= 0.6 is 15.9 Å². The molecule has 1 aliphatic heterocycles. The van der Waals surface area contributed by atoms with Crippen molar-refractivity contribution in [1.29, 1.82) is 0 Å². The molecule has 0 N–H and O–H groups in total. The Balaban J connectivity index is 2.08. The maximum Gasteiger partial charge on any atom is 0.411 e. The smallest absolute Gasteiger partial charge is 0.411 e. The van der Waals surface area contributed by atoms with E-state index in [0.717, 1.165) is 10.0 Å². The van der Waals surface area contributed by atoms with E-state index in [2.05, 4.69) is 15.9 Å². The van der Waals surface area contributed by atoms with Gasteiger partial charge in [0.1, 0.15) is 11.6 Å². The van der Waals surface area contributed by atoms with Crippen molar-refractivity contribution in [3.8, 4) is 0 Å². The fraction of sp³-hybridized carbons (Fsp3) is 0.529. The lowest BCUT2D eigenvalue weighted by atomic mass is 10.0. The van der Waals surface area contributed by atoms with Crippen LogP contribution in [0.2, 0.25) is 0 Å². The summed E-state index contributed by atoms with van der Waals surface area (Å²) >= 11 is 3.40. The summed E-state index contributed by atoms with van der Waals surface area (Å²) in [6.07, 6.45) is -0.208. The molecule has 0 radical (unpaired) electrons. The summed E-state index contributed by atoms with van der Waals surface area (Å²) in [5.74, 6) is -0.0475. The molecule has 126 valence electrons. The van der Waals surface area contributed by atoms with E-state index >= 15 is 0 Å². The molecule has 1 fully saturated rings. The van der Waals surface area contributed by atoms with E-state index in [0.29, 0.717) is 13.2 Å². The standard InChI is InChI=1S/C17H22BrNO4/c1-17(2,3)23-16(21)19-7-8-22-11-14(19)15(20)10-12-5-4-6-13(18)9-12/h4-6,9,14H,7-8,10-11H2,1-3H3. The van der Waals surface area contributed by atoms with Gasteiger partial charge < -0.3 is 9.47 Å². The lowest BCUT2D eigenvalue weighted by molar-refractivity contribution is -0.129. The Morgan fingerprint density at radius 1 is 1.39 bits per heavy atom. The number of morpholine rings is 1. The van der Waals surface area contributed by atoms with Crippen LogP contribution in [-0.2, 0) is 20.7 Å². The fourth-order valence-corrected chi connectivity index (χ4v) is 2.82. The molecule has 1 atom stereocenters. The number of ether oxygens (including phenoxy) is 2. The topological polar surface area (TPSA) is 55.8 Å². The van der Waals surface area contributed by atoms with Crippen LogP contribution in [-0.4, -0.2) is 48.2 Å². The molecule has 1 amide bonds. The van der Waals surface area contributed by atoms with E-state index in [1.165, 1.54) is 4.90 Å². The zero-order valence-electron chi connectivity index (χ0n) is 13.7. The quantitative estimate of drug-likeness (QED) is 0.803. The third kappa shape index (κ3) is 5.32. The van der Waals surface area contributed by atoms with Crippen LogP contribution in [0.5, 0.6) is 0 Å². The molecule has 5 nitrogen and oxygen atoms in total. The SMILES string of the molecule is CC(C)(C)OC(=O)N1CCOCC1C(=O)Cc1cccc(Br)c1. The highest BCUT2D eigenvalue weighted by Gasteiger charge is 2.35. The maximum absolute atomic E-state index is 12.6. The summed E-state index contributed by atoms with van der Waals surface area (Å²) in [5.41, 5.74) is 0.312. The fourth-order valence-electron chi connectivity index (χ4n) is 2.38. The van der Waals surface area contributed by atoms with Crippen LogP contribution in [0.25, 0.3) is 0 Å². The number of nitrogens with zero attached hydrogens (tertiary/aromatic N) is 1.